The molecule has 17 heavy (non-hydrogen) atoms. The van der Waals surface area contributed by atoms with Gasteiger partial charge in [-0.3, -0.25) is 0 Å². The van der Waals surface area contributed by atoms with Crippen molar-refractivity contribution in [3.05, 3.63) is 0 Å². The maximum absolute atomic E-state index is 3.88. The Morgan fingerprint density at radius 1 is 0.824 bits per heavy atom. The Bertz CT molecular complexity index is 206. The van der Waals surface area contributed by atoms with Gasteiger partial charge in [-0.05, 0) is 50.0 Å². The smallest absolute Gasteiger partial charge is 0.00954 e. The summed E-state index contributed by atoms with van der Waals surface area (Å²) in [6.45, 7) is 6.15. The minimum absolute atomic E-state index is 0.815. The van der Waals surface area contributed by atoms with Crippen LogP contribution in [-0.4, -0.2) is 12.6 Å². The Morgan fingerprint density at radius 2 is 1.47 bits per heavy atom. The van der Waals surface area contributed by atoms with Crippen LogP contribution in [0.4, 0.5) is 0 Å². The van der Waals surface area contributed by atoms with E-state index < -0.39 is 0 Å². The van der Waals surface area contributed by atoms with E-state index in [-0.39, 0.29) is 0 Å². The highest BCUT2D eigenvalue weighted by atomic mass is 14.9. The van der Waals surface area contributed by atoms with Crippen molar-refractivity contribution in [1.29, 1.82) is 0 Å². The first-order valence-corrected chi connectivity index (χ1v) is 8.00. The monoisotopic (exact) mass is 237 g/mol. The van der Waals surface area contributed by atoms with E-state index in [1.807, 2.05) is 0 Å². The van der Waals surface area contributed by atoms with Crippen LogP contribution in [0.5, 0.6) is 0 Å². The minimum atomic E-state index is 0.815. The van der Waals surface area contributed by atoms with Gasteiger partial charge in [0.2, 0.25) is 0 Å². The van der Waals surface area contributed by atoms with Crippen LogP contribution in [-0.2, 0) is 0 Å². The molecule has 2 rings (SSSR count). The second-order valence-electron chi connectivity index (χ2n) is 6.64. The second kappa shape index (κ2) is 6.78. The standard InChI is InChI=1S/C16H31N/c1-13-10-11-16(14(13)2)17-12-15-8-6-4-3-5-7-9-15/h13-17H,3-12H2,1-2H3. The molecule has 1 nitrogen and oxygen atoms in total. The summed E-state index contributed by atoms with van der Waals surface area (Å²) < 4.78 is 0. The van der Waals surface area contributed by atoms with Gasteiger partial charge in [-0.15, -0.1) is 0 Å². The highest BCUT2D eigenvalue weighted by Gasteiger charge is 2.29. The maximum Gasteiger partial charge on any atom is 0.00954 e. The lowest BCUT2D eigenvalue weighted by Gasteiger charge is -2.25. The molecule has 0 amide bonds. The van der Waals surface area contributed by atoms with Crippen LogP contribution in [0.2, 0.25) is 0 Å². The summed E-state index contributed by atoms with van der Waals surface area (Å²) in [6.07, 6.45) is 13.2. The molecule has 2 fully saturated rings. The van der Waals surface area contributed by atoms with Crippen molar-refractivity contribution in [2.75, 3.05) is 6.54 Å². The predicted molar refractivity (Wildman–Crippen MR) is 75.2 cm³/mol. The molecule has 0 bridgehead atoms. The number of nitrogens with one attached hydrogen (secondary N) is 1. The summed E-state index contributed by atoms with van der Waals surface area (Å²) in [6, 6.07) is 0.815. The zero-order chi connectivity index (χ0) is 12.1. The lowest BCUT2D eigenvalue weighted by Crippen LogP contribution is -2.36. The third-order valence-corrected chi connectivity index (χ3v) is 5.36. The summed E-state index contributed by atoms with van der Waals surface area (Å²) in [5.41, 5.74) is 0. The van der Waals surface area contributed by atoms with Gasteiger partial charge in [-0.1, -0.05) is 46.0 Å². The SMILES string of the molecule is CC1CCC(NCC2CCCCCCC2)C1C. The first kappa shape index (κ1) is 13.4. The van der Waals surface area contributed by atoms with E-state index in [0.29, 0.717) is 0 Å². The normalized spacial score (nSPS) is 36.7. The molecule has 2 saturated carbocycles. The summed E-state index contributed by atoms with van der Waals surface area (Å²) in [7, 11) is 0. The Balaban J connectivity index is 1.69. The summed E-state index contributed by atoms with van der Waals surface area (Å²) in [5, 5.41) is 3.88. The van der Waals surface area contributed by atoms with E-state index in [1.165, 1.54) is 64.3 Å². The van der Waals surface area contributed by atoms with Crippen LogP contribution >= 0.6 is 0 Å². The van der Waals surface area contributed by atoms with Crippen LogP contribution in [0.15, 0.2) is 0 Å². The average molecular weight is 237 g/mol. The Labute approximate surface area is 108 Å². The molecule has 0 aromatic rings. The molecule has 3 atom stereocenters. The van der Waals surface area contributed by atoms with Gasteiger partial charge in [0.25, 0.3) is 0 Å². The lowest BCUT2D eigenvalue weighted by atomic mass is 9.90. The Kier molecular flexibility index (Phi) is 5.34. The van der Waals surface area contributed by atoms with Crippen molar-refractivity contribution in [2.24, 2.45) is 17.8 Å². The molecule has 1 N–H and O–H groups in total. The van der Waals surface area contributed by atoms with Crippen molar-refractivity contribution in [3.8, 4) is 0 Å². The molecular weight excluding hydrogens is 206 g/mol. The average Bonchev–Trinajstić information content (AvgIpc) is 2.59. The van der Waals surface area contributed by atoms with E-state index in [1.54, 1.807) is 0 Å². The maximum atomic E-state index is 3.88. The molecule has 3 unspecified atom stereocenters. The van der Waals surface area contributed by atoms with E-state index in [9.17, 15) is 0 Å². The third kappa shape index (κ3) is 3.98. The van der Waals surface area contributed by atoms with Gasteiger partial charge >= 0.3 is 0 Å². The Hall–Kier alpha value is -0.0400. The van der Waals surface area contributed by atoms with Gasteiger partial charge in [0.05, 0.1) is 0 Å². The number of rotatable bonds is 3. The molecule has 100 valence electrons. The topological polar surface area (TPSA) is 12.0 Å². The molecule has 1 heteroatoms. The summed E-state index contributed by atoms with van der Waals surface area (Å²) in [4.78, 5) is 0. The van der Waals surface area contributed by atoms with Crippen LogP contribution in [0.25, 0.3) is 0 Å². The van der Waals surface area contributed by atoms with Gasteiger partial charge in [-0.25, -0.2) is 0 Å². The largest absolute Gasteiger partial charge is 0.313 e. The van der Waals surface area contributed by atoms with Crippen LogP contribution < -0.4 is 5.32 Å². The van der Waals surface area contributed by atoms with Gasteiger partial charge in [0, 0.05) is 6.04 Å². The molecule has 0 radical (unpaired) electrons. The summed E-state index contributed by atoms with van der Waals surface area (Å²) in [5.74, 6) is 2.80. The molecule has 0 heterocycles. The lowest BCUT2D eigenvalue weighted by molar-refractivity contribution is 0.312. The molecule has 0 aliphatic heterocycles. The molecular formula is C16H31N. The van der Waals surface area contributed by atoms with Crippen molar-refractivity contribution in [1.82, 2.24) is 5.32 Å². The second-order valence-corrected chi connectivity index (χ2v) is 6.64. The zero-order valence-electron chi connectivity index (χ0n) is 11.9. The quantitative estimate of drug-likeness (QED) is 0.768. The first-order chi connectivity index (χ1) is 8.27. The Morgan fingerprint density at radius 3 is 2.06 bits per heavy atom. The third-order valence-electron chi connectivity index (χ3n) is 5.36. The molecule has 0 saturated heterocycles. The fourth-order valence-corrected chi connectivity index (χ4v) is 3.72. The number of hydrogen-bond acceptors (Lipinski definition) is 1. The molecule has 2 aliphatic carbocycles. The summed E-state index contributed by atoms with van der Waals surface area (Å²) >= 11 is 0. The first-order valence-electron chi connectivity index (χ1n) is 8.00. The van der Waals surface area contributed by atoms with Crippen molar-refractivity contribution in [2.45, 2.75) is 77.7 Å². The molecule has 0 aromatic heterocycles. The van der Waals surface area contributed by atoms with E-state index in [2.05, 4.69) is 19.2 Å². The molecule has 0 spiro atoms. The predicted octanol–water partition coefficient (Wildman–Crippen LogP) is 4.37. The molecule has 2 aliphatic rings. The number of hydrogen-bond donors (Lipinski definition) is 1. The van der Waals surface area contributed by atoms with E-state index in [4.69, 9.17) is 0 Å². The minimum Gasteiger partial charge on any atom is -0.313 e. The van der Waals surface area contributed by atoms with Crippen LogP contribution in [0.1, 0.15) is 71.6 Å². The fourth-order valence-electron chi connectivity index (χ4n) is 3.72. The van der Waals surface area contributed by atoms with Crippen LogP contribution in [0.3, 0.4) is 0 Å². The van der Waals surface area contributed by atoms with E-state index >= 15 is 0 Å². The highest BCUT2D eigenvalue weighted by Crippen LogP contribution is 2.31. The zero-order valence-corrected chi connectivity index (χ0v) is 11.9. The van der Waals surface area contributed by atoms with E-state index in [0.717, 1.165) is 23.8 Å². The van der Waals surface area contributed by atoms with Gasteiger partial charge in [-0.2, -0.15) is 0 Å². The van der Waals surface area contributed by atoms with Crippen molar-refractivity contribution >= 4 is 0 Å². The van der Waals surface area contributed by atoms with Gasteiger partial charge in [0.15, 0.2) is 0 Å². The van der Waals surface area contributed by atoms with Crippen molar-refractivity contribution in [3.63, 3.8) is 0 Å². The highest BCUT2D eigenvalue weighted by molar-refractivity contribution is 4.85. The van der Waals surface area contributed by atoms with Crippen molar-refractivity contribution < 1.29 is 0 Å². The molecule has 0 aromatic carbocycles. The fraction of sp³-hybridized carbons (Fsp3) is 1.00. The van der Waals surface area contributed by atoms with Gasteiger partial charge < -0.3 is 5.32 Å². The van der Waals surface area contributed by atoms with Gasteiger partial charge in [0.1, 0.15) is 0 Å². The van der Waals surface area contributed by atoms with Crippen LogP contribution in [0, 0.1) is 17.8 Å².